The Labute approximate surface area is 135 Å². The van der Waals surface area contributed by atoms with Gasteiger partial charge in [0.05, 0.1) is 0 Å². The van der Waals surface area contributed by atoms with Crippen LogP contribution in [-0.4, -0.2) is 78.4 Å². The molecule has 0 bridgehead atoms. The number of amides is 1. The molecular formula is C16H34N4O2. The molecule has 1 saturated heterocycles. The van der Waals surface area contributed by atoms with Crippen molar-refractivity contribution in [1.29, 1.82) is 0 Å². The van der Waals surface area contributed by atoms with Crippen molar-refractivity contribution < 1.29 is 9.53 Å². The SMILES string of the molecule is CN1CCN(NCCN(C(=O)OC(C)(C)C)C(C)(C)C)CC1. The quantitative estimate of drug-likeness (QED) is 0.857. The first-order valence-corrected chi connectivity index (χ1v) is 8.17. The maximum atomic E-state index is 12.4. The summed E-state index contributed by atoms with van der Waals surface area (Å²) in [4.78, 5) is 16.5. The fourth-order valence-corrected chi connectivity index (χ4v) is 2.30. The van der Waals surface area contributed by atoms with Crippen molar-refractivity contribution in [1.82, 2.24) is 20.2 Å². The summed E-state index contributed by atoms with van der Waals surface area (Å²) < 4.78 is 5.52. The molecule has 0 radical (unpaired) electrons. The summed E-state index contributed by atoms with van der Waals surface area (Å²) in [5.41, 5.74) is 2.70. The lowest BCUT2D eigenvalue weighted by atomic mass is 10.1. The van der Waals surface area contributed by atoms with Gasteiger partial charge in [0.15, 0.2) is 0 Å². The van der Waals surface area contributed by atoms with E-state index in [0.717, 1.165) is 32.7 Å². The standard InChI is InChI=1S/C16H34N4O2/c1-15(2,3)20(14(21)22-16(4,5)6)9-8-17-19-12-10-18(7)11-13-19/h17H,8-13H2,1-7H3. The van der Waals surface area contributed by atoms with Crippen molar-refractivity contribution in [3.63, 3.8) is 0 Å². The van der Waals surface area contributed by atoms with Crippen LogP contribution in [0.4, 0.5) is 4.79 Å². The van der Waals surface area contributed by atoms with Crippen molar-refractivity contribution in [3.8, 4) is 0 Å². The van der Waals surface area contributed by atoms with E-state index in [1.165, 1.54) is 0 Å². The molecule has 1 fully saturated rings. The molecule has 0 saturated carbocycles. The number of nitrogens with zero attached hydrogens (tertiary/aromatic N) is 3. The van der Waals surface area contributed by atoms with E-state index in [-0.39, 0.29) is 11.6 Å². The summed E-state index contributed by atoms with van der Waals surface area (Å²) in [6.45, 7) is 17.3. The van der Waals surface area contributed by atoms with Gasteiger partial charge in [0.1, 0.15) is 5.60 Å². The Morgan fingerprint density at radius 2 is 1.64 bits per heavy atom. The number of carbonyl (C=O) groups is 1. The first-order chi connectivity index (χ1) is 9.99. The number of hydrogen-bond donors (Lipinski definition) is 1. The second kappa shape index (κ2) is 7.62. The van der Waals surface area contributed by atoms with E-state index in [0.29, 0.717) is 6.54 Å². The highest BCUT2D eigenvalue weighted by Crippen LogP contribution is 2.17. The first kappa shape index (κ1) is 19.2. The highest BCUT2D eigenvalue weighted by molar-refractivity contribution is 5.69. The molecule has 0 aromatic carbocycles. The number of nitrogens with one attached hydrogen (secondary N) is 1. The summed E-state index contributed by atoms with van der Waals surface area (Å²) in [5, 5.41) is 2.23. The van der Waals surface area contributed by atoms with Crippen LogP contribution in [0.1, 0.15) is 41.5 Å². The predicted octanol–water partition coefficient (Wildman–Crippen LogP) is 1.77. The van der Waals surface area contributed by atoms with Gasteiger partial charge >= 0.3 is 6.09 Å². The minimum Gasteiger partial charge on any atom is -0.444 e. The molecule has 1 aliphatic rings. The van der Waals surface area contributed by atoms with Crippen LogP contribution in [-0.2, 0) is 4.74 Å². The zero-order valence-corrected chi connectivity index (χ0v) is 15.4. The van der Waals surface area contributed by atoms with Crippen LogP contribution in [0.25, 0.3) is 0 Å². The number of rotatable bonds is 4. The monoisotopic (exact) mass is 314 g/mol. The highest BCUT2D eigenvalue weighted by atomic mass is 16.6. The zero-order valence-electron chi connectivity index (χ0n) is 15.4. The van der Waals surface area contributed by atoms with Gasteiger partial charge in [-0.05, 0) is 48.6 Å². The minimum atomic E-state index is -0.467. The topological polar surface area (TPSA) is 48.0 Å². The second-order valence-corrected chi connectivity index (χ2v) is 8.00. The van der Waals surface area contributed by atoms with Gasteiger partial charge in [-0.1, -0.05) is 0 Å². The molecular weight excluding hydrogens is 280 g/mol. The summed E-state index contributed by atoms with van der Waals surface area (Å²) in [7, 11) is 2.14. The Hall–Kier alpha value is -0.850. The van der Waals surface area contributed by atoms with Crippen LogP contribution in [0, 0.1) is 0 Å². The molecule has 0 atom stereocenters. The molecule has 130 valence electrons. The van der Waals surface area contributed by atoms with Crippen molar-refractivity contribution >= 4 is 6.09 Å². The number of likely N-dealkylation sites (N-methyl/N-ethyl adjacent to an activating group) is 1. The van der Waals surface area contributed by atoms with Gasteiger partial charge < -0.3 is 14.5 Å². The Kier molecular flexibility index (Phi) is 6.65. The number of piperazine rings is 1. The van der Waals surface area contributed by atoms with E-state index in [9.17, 15) is 4.79 Å². The lowest BCUT2D eigenvalue weighted by molar-refractivity contribution is 0.00417. The van der Waals surface area contributed by atoms with Crippen molar-refractivity contribution in [2.24, 2.45) is 0 Å². The Bertz CT molecular complexity index is 352. The zero-order chi connectivity index (χ0) is 17.0. The van der Waals surface area contributed by atoms with E-state index in [1.807, 2.05) is 41.5 Å². The Morgan fingerprint density at radius 1 is 1.09 bits per heavy atom. The molecule has 0 aliphatic carbocycles. The van der Waals surface area contributed by atoms with Gasteiger partial charge in [-0.3, -0.25) is 5.43 Å². The molecule has 1 heterocycles. The van der Waals surface area contributed by atoms with E-state index >= 15 is 0 Å². The largest absolute Gasteiger partial charge is 0.444 e. The smallest absolute Gasteiger partial charge is 0.410 e. The molecule has 0 unspecified atom stereocenters. The fraction of sp³-hybridized carbons (Fsp3) is 0.938. The van der Waals surface area contributed by atoms with Gasteiger partial charge in [-0.15, -0.1) is 0 Å². The van der Waals surface area contributed by atoms with Gasteiger partial charge in [0.2, 0.25) is 0 Å². The molecule has 6 nitrogen and oxygen atoms in total. The van der Waals surface area contributed by atoms with Gasteiger partial charge in [0.25, 0.3) is 0 Å². The molecule has 0 spiro atoms. The lowest BCUT2D eigenvalue weighted by Gasteiger charge is -2.38. The number of hydrogen-bond acceptors (Lipinski definition) is 5. The molecule has 0 aromatic rings. The van der Waals surface area contributed by atoms with E-state index in [4.69, 9.17) is 4.74 Å². The lowest BCUT2D eigenvalue weighted by Crippen LogP contribution is -2.54. The molecule has 1 rings (SSSR count). The summed E-state index contributed by atoms with van der Waals surface area (Å²) >= 11 is 0. The number of carbonyl (C=O) groups excluding carboxylic acids is 1. The third-order valence-corrected chi connectivity index (χ3v) is 3.60. The maximum Gasteiger partial charge on any atom is 0.410 e. The van der Waals surface area contributed by atoms with E-state index in [2.05, 4.69) is 22.4 Å². The Balaban J connectivity index is 2.47. The van der Waals surface area contributed by atoms with Gasteiger partial charge in [0, 0.05) is 44.8 Å². The molecule has 1 aliphatic heterocycles. The van der Waals surface area contributed by atoms with Crippen molar-refractivity contribution in [3.05, 3.63) is 0 Å². The van der Waals surface area contributed by atoms with Crippen LogP contribution in [0.15, 0.2) is 0 Å². The highest BCUT2D eigenvalue weighted by Gasteiger charge is 2.30. The second-order valence-electron chi connectivity index (χ2n) is 8.00. The predicted molar refractivity (Wildman–Crippen MR) is 89.8 cm³/mol. The summed E-state index contributed by atoms with van der Waals surface area (Å²) in [5.74, 6) is 0. The van der Waals surface area contributed by atoms with Crippen molar-refractivity contribution in [2.75, 3.05) is 46.3 Å². The van der Waals surface area contributed by atoms with Gasteiger partial charge in [-0.2, -0.15) is 0 Å². The van der Waals surface area contributed by atoms with Crippen LogP contribution >= 0.6 is 0 Å². The third kappa shape index (κ3) is 6.94. The molecule has 6 heteroatoms. The summed E-state index contributed by atoms with van der Waals surface area (Å²) in [6, 6.07) is 0. The van der Waals surface area contributed by atoms with Crippen molar-refractivity contribution in [2.45, 2.75) is 52.7 Å². The van der Waals surface area contributed by atoms with E-state index in [1.54, 1.807) is 4.90 Å². The first-order valence-electron chi connectivity index (χ1n) is 8.17. The maximum absolute atomic E-state index is 12.4. The van der Waals surface area contributed by atoms with Crippen LogP contribution in [0.5, 0.6) is 0 Å². The van der Waals surface area contributed by atoms with Gasteiger partial charge in [-0.25, -0.2) is 9.80 Å². The van der Waals surface area contributed by atoms with Crippen LogP contribution < -0.4 is 5.43 Å². The number of hydrazine groups is 1. The molecule has 0 aromatic heterocycles. The van der Waals surface area contributed by atoms with E-state index < -0.39 is 5.60 Å². The summed E-state index contributed by atoms with van der Waals surface area (Å²) in [6.07, 6.45) is -0.250. The number of ether oxygens (including phenoxy) is 1. The molecule has 1 N–H and O–H groups in total. The average Bonchev–Trinajstić information content (AvgIpc) is 2.32. The normalized spacial score (nSPS) is 18.3. The average molecular weight is 314 g/mol. The molecule has 1 amide bonds. The molecule has 22 heavy (non-hydrogen) atoms. The minimum absolute atomic E-state index is 0.250. The fourth-order valence-electron chi connectivity index (χ4n) is 2.30. The Morgan fingerprint density at radius 3 is 2.09 bits per heavy atom. The third-order valence-electron chi connectivity index (χ3n) is 3.60. The van der Waals surface area contributed by atoms with Crippen LogP contribution in [0.2, 0.25) is 0 Å². The van der Waals surface area contributed by atoms with Crippen LogP contribution in [0.3, 0.4) is 0 Å².